The van der Waals surface area contributed by atoms with Crippen LogP contribution in [0.1, 0.15) is 57.1 Å². The number of nitrogens with one attached hydrogen (secondary N) is 1. The van der Waals surface area contributed by atoms with Crippen LogP contribution in [0.2, 0.25) is 0 Å². The molecule has 2 aromatic rings. The van der Waals surface area contributed by atoms with Gasteiger partial charge in [0.25, 0.3) is 11.8 Å². The van der Waals surface area contributed by atoms with Gasteiger partial charge < -0.3 is 19.3 Å². The van der Waals surface area contributed by atoms with E-state index in [1.165, 1.54) is 0 Å². The molecule has 0 spiro atoms. The summed E-state index contributed by atoms with van der Waals surface area (Å²) in [5.41, 5.74) is 7.23. The van der Waals surface area contributed by atoms with Crippen molar-refractivity contribution in [2.75, 3.05) is 25.0 Å². The molecular formula is C34H37N3O6. The van der Waals surface area contributed by atoms with E-state index in [1.807, 2.05) is 25.1 Å². The fourth-order valence-corrected chi connectivity index (χ4v) is 5.31. The maximum absolute atomic E-state index is 12.0. The lowest BCUT2D eigenvalue weighted by molar-refractivity contribution is -0.197. The Balaban J connectivity index is 1.33. The highest BCUT2D eigenvalue weighted by Crippen LogP contribution is 2.42. The molecule has 0 unspecified atom stereocenters. The number of ether oxygens (including phenoxy) is 1. The number of carbonyl (C=O) groups is 3. The third kappa shape index (κ3) is 6.56. The summed E-state index contributed by atoms with van der Waals surface area (Å²) in [6.07, 6.45) is 1.39. The summed E-state index contributed by atoms with van der Waals surface area (Å²) in [7, 11) is 0. The second-order valence-corrected chi connectivity index (χ2v) is 10.7. The lowest BCUT2D eigenvalue weighted by Crippen LogP contribution is -2.31. The number of nitrogens with zero attached hydrogens (tertiary/aromatic N) is 2. The van der Waals surface area contributed by atoms with Gasteiger partial charge in [0.1, 0.15) is 17.1 Å². The molecule has 2 heterocycles. The largest absolute Gasteiger partial charge is 0.494 e. The van der Waals surface area contributed by atoms with Crippen LogP contribution in [0.25, 0.3) is 33.4 Å². The van der Waals surface area contributed by atoms with Crippen molar-refractivity contribution in [3.05, 3.63) is 65.0 Å². The number of carbonyl (C=O) groups excluding carboxylic acids is 3. The third-order valence-corrected chi connectivity index (χ3v) is 7.46. The fraction of sp³-hybridized carbons (Fsp3) is 0.353. The number of hydrogen-bond donors (Lipinski definition) is 1. The summed E-state index contributed by atoms with van der Waals surface area (Å²) in [6.45, 7) is 10.2. The van der Waals surface area contributed by atoms with Crippen LogP contribution in [-0.2, 0) is 19.2 Å². The topological polar surface area (TPSA) is 110 Å². The molecule has 9 nitrogen and oxygen atoms in total. The van der Waals surface area contributed by atoms with Crippen LogP contribution in [0.5, 0.6) is 5.75 Å². The average Bonchev–Trinajstić information content (AvgIpc) is 3.30. The zero-order valence-corrected chi connectivity index (χ0v) is 25.1. The van der Waals surface area contributed by atoms with Crippen molar-refractivity contribution in [3.63, 3.8) is 0 Å². The van der Waals surface area contributed by atoms with Crippen molar-refractivity contribution in [1.82, 2.24) is 5.06 Å². The van der Waals surface area contributed by atoms with E-state index in [-0.39, 0.29) is 19.3 Å². The fourth-order valence-electron chi connectivity index (χ4n) is 5.31. The van der Waals surface area contributed by atoms with Crippen molar-refractivity contribution < 1.29 is 28.4 Å². The molecule has 0 bridgehead atoms. The van der Waals surface area contributed by atoms with Gasteiger partial charge in [-0.2, -0.15) is 0 Å². The quantitative estimate of drug-likeness (QED) is 0.125. The van der Waals surface area contributed by atoms with E-state index in [9.17, 15) is 14.4 Å². The van der Waals surface area contributed by atoms with Crippen LogP contribution in [0, 0.1) is 13.8 Å². The van der Waals surface area contributed by atoms with Gasteiger partial charge in [-0.1, -0.05) is 12.1 Å². The molecule has 0 saturated carbocycles. The van der Waals surface area contributed by atoms with Gasteiger partial charge in [0.2, 0.25) is 0 Å². The molecular weight excluding hydrogens is 546 g/mol. The van der Waals surface area contributed by atoms with E-state index in [4.69, 9.17) is 14.0 Å². The van der Waals surface area contributed by atoms with Crippen LogP contribution < -0.4 is 15.4 Å². The summed E-state index contributed by atoms with van der Waals surface area (Å²) in [5, 5.41) is 5.97. The molecule has 224 valence electrons. The molecule has 1 saturated heterocycles. The zero-order valence-electron chi connectivity index (χ0n) is 25.1. The Morgan fingerprint density at radius 2 is 1.72 bits per heavy atom. The minimum Gasteiger partial charge on any atom is -0.494 e. The molecule has 1 fully saturated rings. The van der Waals surface area contributed by atoms with Gasteiger partial charge >= 0.3 is 5.97 Å². The molecule has 2 aromatic carbocycles. The number of imide groups is 1. The third-order valence-electron chi connectivity index (χ3n) is 7.46. The van der Waals surface area contributed by atoms with E-state index in [0.717, 1.165) is 67.9 Å². The molecule has 2 aliphatic heterocycles. The molecule has 0 atom stereocenters. The summed E-state index contributed by atoms with van der Waals surface area (Å²) in [5.74, 6) is -0.0447. The van der Waals surface area contributed by atoms with Gasteiger partial charge in [-0.05, 0) is 81.5 Å². The first-order valence-corrected chi connectivity index (χ1v) is 14.8. The summed E-state index contributed by atoms with van der Waals surface area (Å²) in [6, 6.07) is 16.4. The smallest absolute Gasteiger partial charge is 0.333 e. The van der Waals surface area contributed by atoms with Crippen LogP contribution in [0.15, 0.2) is 57.9 Å². The number of hydrogen-bond acceptors (Lipinski definition) is 8. The zero-order chi connectivity index (χ0) is 30.5. The summed E-state index contributed by atoms with van der Waals surface area (Å²) in [4.78, 5) is 44.8. The number of aryl methyl sites for hydroxylation is 2. The molecule has 5 rings (SSSR count). The van der Waals surface area contributed by atoms with E-state index in [0.29, 0.717) is 31.1 Å². The van der Waals surface area contributed by atoms with Crippen molar-refractivity contribution in [2.24, 2.45) is 4.99 Å². The Morgan fingerprint density at radius 1 is 0.977 bits per heavy atom. The highest BCUT2D eigenvalue weighted by molar-refractivity contribution is 6.03. The summed E-state index contributed by atoms with van der Waals surface area (Å²) >= 11 is 0. The number of benzene rings is 3. The van der Waals surface area contributed by atoms with Gasteiger partial charge in [-0.3, -0.25) is 14.6 Å². The molecule has 0 aromatic heterocycles. The SMILES string of the molecule is CC/N=c1/cc2oc3cc(NCC)c(C)cc3c(-c3ccc(OCCCCC(=O)ON4C(=O)CCC4=O)cc3)c-2cc1C. The van der Waals surface area contributed by atoms with Crippen molar-refractivity contribution in [3.8, 4) is 28.2 Å². The predicted octanol–water partition coefficient (Wildman–Crippen LogP) is 6.33. The molecule has 0 radical (unpaired) electrons. The standard InChI is InChI=1S/C34H37N3O6/c1-5-35-27-19-29-25(17-21(27)3)34(26-18-22(4)28(36-6-2)20-30(26)42-29)23-10-12-24(13-11-23)41-16-8-7-9-33(40)43-37-31(38)14-15-32(37)39/h10-13,17-20,35H,5-9,14-16H2,1-4H3/b36-28-. The normalized spacial score (nSPS) is 13.8. The van der Waals surface area contributed by atoms with Crippen LogP contribution in [-0.4, -0.2) is 42.5 Å². The second-order valence-electron chi connectivity index (χ2n) is 10.7. The van der Waals surface area contributed by atoms with E-state index >= 15 is 0 Å². The number of unbranched alkanes of at least 4 members (excludes halogenated alkanes) is 1. The molecule has 1 N–H and O–H groups in total. The Kier molecular flexibility index (Phi) is 9.09. The van der Waals surface area contributed by atoms with Crippen LogP contribution in [0.3, 0.4) is 0 Å². The van der Waals surface area contributed by atoms with Gasteiger partial charge in [-0.15, -0.1) is 5.06 Å². The van der Waals surface area contributed by atoms with Crippen molar-refractivity contribution in [1.29, 1.82) is 0 Å². The first-order valence-electron chi connectivity index (χ1n) is 14.8. The Bertz CT molecular complexity index is 1690. The van der Waals surface area contributed by atoms with Gasteiger partial charge in [-0.25, -0.2) is 4.79 Å². The Labute approximate surface area is 250 Å². The first-order chi connectivity index (χ1) is 20.8. The lowest BCUT2D eigenvalue weighted by Gasteiger charge is -2.18. The summed E-state index contributed by atoms with van der Waals surface area (Å²) < 4.78 is 12.4. The van der Waals surface area contributed by atoms with Crippen molar-refractivity contribution in [2.45, 2.75) is 59.8 Å². The first kappa shape index (κ1) is 29.8. The monoisotopic (exact) mass is 583 g/mol. The van der Waals surface area contributed by atoms with E-state index in [1.54, 1.807) is 0 Å². The maximum atomic E-state index is 12.0. The van der Waals surface area contributed by atoms with Crippen LogP contribution >= 0.6 is 0 Å². The maximum Gasteiger partial charge on any atom is 0.333 e. The Hall–Kier alpha value is -4.66. The molecule has 9 heteroatoms. The highest BCUT2D eigenvalue weighted by Gasteiger charge is 2.32. The number of amides is 2. The van der Waals surface area contributed by atoms with E-state index in [2.05, 4.69) is 61.4 Å². The molecule has 3 aliphatic rings. The van der Waals surface area contributed by atoms with E-state index < -0.39 is 17.8 Å². The number of rotatable bonds is 11. The Morgan fingerprint density at radius 3 is 2.42 bits per heavy atom. The average molecular weight is 584 g/mol. The van der Waals surface area contributed by atoms with Crippen molar-refractivity contribution >= 4 is 34.4 Å². The highest BCUT2D eigenvalue weighted by atomic mass is 16.7. The minimum atomic E-state index is -0.597. The molecule has 1 aliphatic carbocycles. The molecule has 43 heavy (non-hydrogen) atoms. The van der Waals surface area contributed by atoms with Crippen LogP contribution in [0.4, 0.5) is 5.69 Å². The second kappa shape index (κ2) is 13.1. The lowest BCUT2D eigenvalue weighted by atomic mass is 9.91. The minimum absolute atomic E-state index is 0.0809. The number of anilines is 1. The van der Waals surface area contributed by atoms with Gasteiger partial charge in [0, 0.05) is 66.7 Å². The predicted molar refractivity (Wildman–Crippen MR) is 165 cm³/mol. The van der Waals surface area contributed by atoms with Gasteiger partial charge in [0.15, 0.2) is 0 Å². The number of hydroxylamine groups is 2. The number of fused-ring (bicyclic) bond motifs is 2. The van der Waals surface area contributed by atoms with Gasteiger partial charge in [0.05, 0.1) is 12.0 Å². The molecule has 2 amide bonds.